The summed E-state index contributed by atoms with van der Waals surface area (Å²) in [5.74, 6) is 0.862. The van der Waals surface area contributed by atoms with Gasteiger partial charge >= 0.3 is 0 Å². The second-order valence-electron chi connectivity index (χ2n) is 5.11. The van der Waals surface area contributed by atoms with Crippen molar-refractivity contribution >= 4 is 11.9 Å². The van der Waals surface area contributed by atoms with Crippen LogP contribution in [0.4, 0.5) is 0 Å². The molecule has 22 heavy (non-hydrogen) atoms. The molecule has 0 N–H and O–H groups in total. The van der Waals surface area contributed by atoms with Gasteiger partial charge in [0.25, 0.3) is 0 Å². The molecule has 0 saturated carbocycles. The molecule has 114 valence electrons. The largest absolute Gasteiger partial charge is 0.493 e. The number of methoxy groups -OCH3 is 1. The van der Waals surface area contributed by atoms with Crippen molar-refractivity contribution in [1.82, 2.24) is 0 Å². The molecule has 3 nitrogen and oxygen atoms in total. The van der Waals surface area contributed by atoms with Gasteiger partial charge in [-0.15, -0.1) is 0 Å². The maximum Gasteiger partial charge on any atom is 0.227 e. The molecule has 0 fully saturated rings. The summed E-state index contributed by atoms with van der Waals surface area (Å²) in [5.41, 5.74) is 1.41. The number of para-hydroxylation sites is 1. The maximum atomic E-state index is 12.5. The van der Waals surface area contributed by atoms with Gasteiger partial charge in [-0.1, -0.05) is 48.5 Å². The van der Waals surface area contributed by atoms with Crippen molar-refractivity contribution in [1.29, 1.82) is 0 Å². The van der Waals surface area contributed by atoms with Crippen molar-refractivity contribution in [3.63, 3.8) is 0 Å². The summed E-state index contributed by atoms with van der Waals surface area (Å²) in [5, 5.41) is 0. The zero-order chi connectivity index (χ0) is 15.9. The van der Waals surface area contributed by atoms with Gasteiger partial charge in [0.2, 0.25) is 5.78 Å². The monoisotopic (exact) mass is 296 g/mol. The van der Waals surface area contributed by atoms with Crippen LogP contribution < -0.4 is 4.74 Å². The van der Waals surface area contributed by atoms with Crippen LogP contribution in [0.15, 0.2) is 60.4 Å². The Morgan fingerprint density at radius 2 is 1.64 bits per heavy atom. The predicted octanol–water partition coefficient (Wildman–Crippen LogP) is 4.34. The van der Waals surface area contributed by atoms with Gasteiger partial charge in [-0.05, 0) is 26.0 Å². The third-order valence-corrected chi connectivity index (χ3v) is 3.05. The molecule has 2 aromatic rings. The number of benzene rings is 2. The fourth-order valence-corrected chi connectivity index (χ4v) is 2.05. The zero-order valence-electron chi connectivity index (χ0n) is 13.1. The lowest BCUT2D eigenvalue weighted by molar-refractivity contribution is 0.0957. The molecule has 0 amide bonds. The van der Waals surface area contributed by atoms with Crippen molar-refractivity contribution in [3.8, 4) is 5.75 Å². The minimum atomic E-state index is -0.151. The van der Waals surface area contributed by atoms with Crippen molar-refractivity contribution in [2.24, 2.45) is 0 Å². The first-order valence-electron chi connectivity index (χ1n) is 7.23. The fraction of sp³-hybridized carbons (Fsp3) is 0.211. The van der Waals surface area contributed by atoms with Gasteiger partial charge in [0.15, 0.2) is 5.76 Å². The number of allylic oxidation sites excluding steroid dienone is 1. The zero-order valence-corrected chi connectivity index (χ0v) is 13.1. The van der Waals surface area contributed by atoms with E-state index in [2.05, 4.69) is 0 Å². The Morgan fingerprint density at radius 1 is 1.00 bits per heavy atom. The van der Waals surface area contributed by atoms with E-state index in [1.54, 1.807) is 18.2 Å². The molecule has 0 spiro atoms. The SMILES string of the molecule is CO/C(=C/c1ccccc1OC(C)C)C(=O)c1ccccc1. The van der Waals surface area contributed by atoms with E-state index in [1.165, 1.54) is 7.11 Å². The van der Waals surface area contributed by atoms with Crippen LogP contribution >= 0.6 is 0 Å². The van der Waals surface area contributed by atoms with Gasteiger partial charge in [0.1, 0.15) is 5.75 Å². The molecule has 0 saturated heterocycles. The molecule has 0 bridgehead atoms. The van der Waals surface area contributed by atoms with Crippen LogP contribution in [0.25, 0.3) is 6.08 Å². The van der Waals surface area contributed by atoms with E-state index in [0.29, 0.717) is 5.56 Å². The van der Waals surface area contributed by atoms with Crippen LogP contribution in [-0.2, 0) is 4.74 Å². The number of Topliss-reactive ketones (excluding diaryl/α,β-unsaturated/α-hetero) is 1. The number of hydrogen-bond donors (Lipinski definition) is 0. The Kier molecular flexibility index (Phi) is 5.37. The third kappa shape index (κ3) is 3.98. The fourth-order valence-electron chi connectivity index (χ4n) is 2.05. The lowest BCUT2D eigenvalue weighted by Gasteiger charge is -2.13. The van der Waals surface area contributed by atoms with Gasteiger partial charge in [-0.25, -0.2) is 0 Å². The molecule has 0 atom stereocenters. The van der Waals surface area contributed by atoms with E-state index >= 15 is 0 Å². The summed E-state index contributed by atoms with van der Waals surface area (Å²) in [6.45, 7) is 3.93. The molecule has 2 aromatic carbocycles. The smallest absolute Gasteiger partial charge is 0.227 e. The molecule has 2 rings (SSSR count). The molecular formula is C19H20O3. The molecule has 0 aliphatic rings. The van der Waals surface area contributed by atoms with Crippen LogP contribution in [0.3, 0.4) is 0 Å². The average molecular weight is 296 g/mol. The Balaban J connectivity index is 2.35. The minimum Gasteiger partial charge on any atom is -0.493 e. The topological polar surface area (TPSA) is 35.5 Å². The van der Waals surface area contributed by atoms with Gasteiger partial charge in [-0.3, -0.25) is 4.79 Å². The predicted molar refractivity (Wildman–Crippen MR) is 88.0 cm³/mol. The highest BCUT2D eigenvalue weighted by molar-refractivity contribution is 6.09. The number of rotatable bonds is 6. The van der Waals surface area contributed by atoms with E-state index in [1.807, 2.05) is 56.3 Å². The van der Waals surface area contributed by atoms with Gasteiger partial charge in [0, 0.05) is 11.1 Å². The highest BCUT2D eigenvalue weighted by atomic mass is 16.5. The molecule has 0 aromatic heterocycles. The van der Waals surface area contributed by atoms with E-state index in [9.17, 15) is 4.79 Å². The van der Waals surface area contributed by atoms with Crippen molar-refractivity contribution < 1.29 is 14.3 Å². The first-order chi connectivity index (χ1) is 10.6. The van der Waals surface area contributed by atoms with Gasteiger partial charge in [-0.2, -0.15) is 0 Å². The highest BCUT2D eigenvalue weighted by Crippen LogP contribution is 2.23. The molecule has 0 aliphatic carbocycles. The number of carbonyl (C=O) groups excluding carboxylic acids is 1. The standard InChI is InChI=1S/C19H20O3/c1-14(2)22-17-12-8-7-11-16(17)13-18(21-3)19(20)15-9-5-4-6-10-15/h4-14H,1-3H3/b18-13+. The van der Waals surface area contributed by atoms with Crippen LogP contribution in [0.5, 0.6) is 5.75 Å². The van der Waals surface area contributed by atoms with Crippen molar-refractivity contribution in [3.05, 3.63) is 71.5 Å². The first kappa shape index (κ1) is 15.8. The lowest BCUT2D eigenvalue weighted by Crippen LogP contribution is -2.08. The van der Waals surface area contributed by atoms with Gasteiger partial charge < -0.3 is 9.47 Å². The van der Waals surface area contributed by atoms with E-state index in [-0.39, 0.29) is 17.6 Å². The van der Waals surface area contributed by atoms with Crippen LogP contribution in [0.2, 0.25) is 0 Å². The van der Waals surface area contributed by atoms with E-state index < -0.39 is 0 Å². The maximum absolute atomic E-state index is 12.5. The molecule has 3 heteroatoms. The summed E-state index contributed by atoms with van der Waals surface area (Å²) >= 11 is 0. The first-order valence-corrected chi connectivity index (χ1v) is 7.23. The van der Waals surface area contributed by atoms with E-state index in [4.69, 9.17) is 9.47 Å². The summed E-state index contributed by atoms with van der Waals surface area (Å²) in [4.78, 5) is 12.5. The highest BCUT2D eigenvalue weighted by Gasteiger charge is 2.14. The Morgan fingerprint density at radius 3 is 2.27 bits per heavy atom. The quantitative estimate of drug-likeness (QED) is 0.452. The number of carbonyl (C=O) groups is 1. The number of ketones is 1. The van der Waals surface area contributed by atoms with E-state index in [0.717, 1.165) is 11.3 Å². The number of ether oxygens (including phenoxy) is 2. The third-order valence-electron chi connectivity index (χ3n) is 3.05. The molecule has 0 heterocycles. The van der Waals surface area contributed by atoms with Crippen LogP contribution in [0, 0.1) is 0 Å². The summed E-state index contributed by atoms with van der Waals surface area (Å²) < 4.78 is 11.1. The Bertz CT molecular complexity index is 657. The molecule has 0 radical (unpaired) electrons. The Hall–Kier alpha value is -2.55. The van der Waals surface area contributed by atoms with Crippen LogP contribution in [0.1, 0.15) is 29.8 Å². The second-order valence-corrected chi connectivity index (χ2v) is 5.11. The molecule has 0 unspecified atom stereocenters. The lowest BCUT2D eigenvalue weighted by atomic mass is 10.1. The summed E-state index contributed by atoms with van der Waals surface area (Å²) in [7, 11) is 1.50. The van der Waals surface area contributed by atoms with Crippen molar-refractivity contribution in [2.45, 2.75) is 20.0 Å². The molecular weight excluding hydrogens is 276 g/mol. The average Bonchev–Trinajstić information content (AvgIpc) is 2.53. The van der Waals surface area contributed by atoms with Gasteiger partial charge in [0.05, 0.1) is 13.2 Å². The van der Waals surface area contributed by atoms with Crippen LogP contribution in [-0.4, -0.2) is 19.0 Å². The second kappa shape index (κ2) is 7.46. The molecule has 0 aliphatic heterocycles. The summed E-state index contributed by atoms with van der Waals surface area (Å²) in [6.07, 6.45) is 1.78. The van der Waals surface area contributed by atoms with Crippen molar-refractivity contribution in [2.75, 3.05) is 7.11 Å². The minimum absolute atomic E-state index is 0.0605. The normalized spacial score (nSPS) is 11.4. The number of hydrogen-bond acceptors (Lipinski definition) is 3. The Labute approximate surface area is 131 Å². The summed E-state index contributed by atoms with van der Waals surface area (Å²) in [6, 6.07) is 16.7.